The first-order chi connectivity index (χ1) is 7.47. The Morgan fingerprint density at radius 2 is 2.06 bits per heavy atom. The summed E-state index contributed by atoms with van der Waals surface area (Å²) in [5.74, 6) is -0.129. The normalized spacial score (nSPS) is 14.5. The lowest BCUT2D eigenvalue weighted by molar-refractivity contribution is -0.0149. The van der Waals surface area contributed by atoms with E-state index in [1.165, 1.54) is 25.1 Å². The summed E-state index contributed by atoms with van der Waals surface area (Å²) < 4.78 is 0. The van der Waals surface area contributed by atoms with Crippen molar-refractivity contribution in [2.45, 2.75) is 19.1 Å². The van der Waals surface area contributed by atoms with Gasteiger partial charge in [0, 0.05) is 16.8 Å². The second kappa shape index (κ2) is 5.07. The predicted molar refractivity (Wildman–Crippen MR) is 58.9 cm³/mol. The van der Waals surface area contributed by atoms with E-state index in [2.05, 4.69) is 0 Å². The van der Waals surface area contributed by atoms with Crippen molar-refractivity contribution in [3.8, 4) is 0 Å². The first-order valence-electron chi connectivity index (χ1n) is 4.84. The van der Waals surface area contributed by atoms with Gasteiger partial charge in [-0.25, -0.2) is 0 Å². The number of carbonyl (C=O) groups excluding carboxylic acids is 1. The highest BCUT2D eigenvalue weighted by molar-refractivity contribution is 5.95. The van der Waals surface area contributed by atoms with Crippen LogP contribution in [0.15, 0.2) is 18.2 Å². The number of nitrogens with two attached hydrogens (primary N) is 1. The van der Waals surface area contributed by atoms with Crippen molar-refractivity contribution in [1.82, 2.24) is 0 Å². The molecule has 0 radical (unpaired) electrons. The quantitative estimate of drug-likeness (QED) is 0.421. The fourth-order valence-corrected chi connectivity index (χ4v) is 1.37. The lowest BCUT2D eigenvalue weighted by Crippen LogP contribution is -2.23. The maximum Gasteiger partial charge on any atom is 0.159 e. The number of hydrogen-bond donors (Lipinski definition) is 4. The summed E-state index contributed by atoms with van der Waals surface area (Å²) in [6.07, 6.45) is -2.54. The smallest absolute Gasteiger partial charge is 0.159 e. The van der Waals surface area contributed by atoms with E-state index in [1.54, 1.807) is 0 Å². The van der Waals surface area contributed by atoms with Crippen molar-refractivity contribution >= 4 is 11.5 Å². The molecule has 0 saturated carbocycles. The van der Waals surface area contributed by atoms with Gasteiger partial charge in [0.05, 0.1) is 6.61 Å². The van der Waals surface area contributed by atoms with Crippen molar-refractivity contribution in [1.29, 1.82) is 0 Å². The molecule has 1 aromatic carbocycles. The molecule has 0 aliphatic heterocycles. The molecular weight excluding hydrogens is 210 g/mol. The number of benzene rings is 1. The maximum atomic E-state index is 11.1. The number of carbonyl (C=O) groups is 1. The molecule has 16 heavy (non-hydrogen) atoms. The van der Waals surface area contributed by atoms with E-state index in [9.17, 15) is 15.0 Å². The number of ketones is 1. The van der Waals surface area contributed by atoms with Crippen LogP contribution >= 0.6 is 0 Å². The average molecular weight is 225 g/mol. The molecule has 0 heterocycles. The fraction of sp³-hybridized carbons (Fsp3) is 0.364. The molecule has 0 amide bonds. The minimum atomic E-state index is -1.29. The number of Topliss-reactive ketones (excluding diaryl/α,β-unsaturated/α-hetero) is 1. The lowest BCUT2D eigenvalue weighted by Gasteiger charge is -2.18. The van der Waals surface area contributed by atoms with Gasteiger partial charge in [-0.05, 0) is 13.0 Å². The highest BCUT2D eigenvalue weighted by Gasteiger charge is 2.20. The number of anilines is 1. The van der Waals surface area contributed by atoms with Crippen LogP contribution in [-0.2, 0) is 0 Å². The number of hydrogen-bond acceptors (Lipinski definition) is 5. The molecule has 0 aliphatic carbocycles. The van der Waals surface area contributed by atoms with E-state index >= 15 is 0 Å². The van der Waals surface area contributed by atoms with Crippen LogP contribution in [0.4, 0.5) is 5.69 Å². The highest BCUT2D eigenvalue weighted by atomic mass is 16.4. The summed E-state index contributed by atoms with van der Waals surface area (Å²) in [6, 6.07) is 4.42. The molecule has 2 atom stereocenters. The summed E-state index contributed by atoms with van der Waals surface area (Å²) in [5.41, 5.74) is 6.60. The molecule has 5 heteroatoms. The second-order valence-corrected chi connectivity index (χ2v) is 3.59. The largest absolute Gasteiger partial charge is 0.398 e. The van der Waals surface area contributed by atoms with Crippen LogP contribution < -0.4 is 5.73 Å². The third-order valence-electron chi connectivity index (χ3n) is 2.36. The summed E-state index contributed by atoms with van der Waals surface area (Å²) >= 11 is 0. The Kier molecular flexibility index (Phi) is 4.00. The third-order valence-corrected chi connectivity index (χ3v) is 2.36. The van der Waals surface area contributed by atoms with Gasteiger partial charge in [-0.1, -0.05) is 12.1 Å². The summed E-state index contributed by atoms with van der Waals surface area (Å²) in [7, 11) is 0. The van der Waals surface area contributed by atoms with E-state index in [1.807, 2.05) is 0 Å². The lowest BCUT2D eigenvalue weighted by atomic mass is 10.00. The van der Waals surface area contributed by atoms with Crippen molar-refractivity contribution < 1.29 is 20.1 Å². The minimum absolute atomic E-state index is 0.129. The van der Waals surface area contributed by atoms with Gasteiger partial charge in [0.2, 0.25) is 0 Å². The van der Waals surface area contributed by atoms with Crippen LogP contribution in [0.5, 0.6) is 0 Å². The first kappa shape index (κ1) is 12.6. The zero-order chi connectivity index (χ0) is 12.3. The summed E-state index contributed by atoms with van der Waals surface area (Å²) in [4.78, 5) is 11.1. The van der Waals surface area contributed by atoms with Crippen LogP contribution in [0.25, 0.3) is 0 Å². The Balaban J connectivity index is 3.03. The van der Waals surface area contributed by atoms with Crippen LogP contribution in [-0.4, -0.2) is 33.8 Å². The average Bonchev–Trinajstić information content (AvgIpc) is 2.26. The number of aliphatic hydroxyl groups is 3. The molecule has 1 rings (SSSR count). The SMILES string of the molecule is CC(=O)c1ccc(C(O)C(O)CO)c(N)c1. The second-order valence-electron chi connectivity index (χ2n) is 3.59. The van der Waals surface area contributed by atoms with E-state index < -0.39 is 18.8 Å². The predicted octanol–water partition coefficient (Wildman–Crippen LogP) is -0.142. The van der Waals surface area contributed by atoms with Gasteiger partial charge in [0.25, 0.3) is 0 Å². The summed E-state index contributed by atoms with van der Waals surface area (Å²) in [6.45, 7) is 0.850. The first-order valence-corrected chi connectivity index (χ1v) is 4.84. The molecule has 0 aliphatic rings. The molecular formula is C11H15NO4. The van der Waals surface area contributed by atoms with Gasteiger partial charge in [-0.3, -0.25) is 4.79 Å². The standard InChI is InChI=1S/C11H15NO4/c1-6(14)7-2-3-8(9(12)4-7)11(16)10(15)5-13/h2-4,10-11,13,15-16H,5,12H2,1H3. The van der Waals surface area contributed by atoms with Gasteiger partial charge in [0.15, 0.2) is 5.78 Å². The van der Waals surface area contributed by atoms with Gasteiger partial charge in [-0.15, -0.1) is 0 Å². The van der Waals surface area contributed by atoms with Crippen molar-refractivity contribution in [2.24, 2.45) is 0 Å². The van der Waals surface area contributed by atoms with E-state index in [4.69, 9.17) is 10.8 Å². The molecule has 0 bridgehead atoms. The molecule has 2 unspecified atom stereocenters. The number of rotatable bonds is 4. The van der Waals surface area contributed by atoms with Crippen molar-refractivity contribution in [2.75, 3.05) is 12.3 Å². The van der Waals surface area contributed by atoms with Gasteiger partial charge < -0.3 is 21.1 Å². The molecule has 5 nitrogen and oxygen atoms in total. The van der Waals surface area contributed by atoms with Crippen LogP contribution in [0.1, 0.15) is 28.9 Å². The zero-order valence-electron chi connectivity index (χ0n) is 8.92. The maximum absolute atomic E-state index is 11.1. The van der Waals surface area contributed by atoms with E-state index in [0.717, 1.165) is 0 Å². The van der Waals surface area contributed by atoms with E-state index in [0.29, 0.717) is 11.1 Å². The topological polar surface area (TPSA) is 104 Å². The number of aliphatic hydroxyl groups excluding tert-OH is 3. The van der Waals surface area contributed by atoms with Crippen LogP contribution in [0.2, 0.25) is 0 Å². The summed E-state index contributed by atoms with van der Waals surface area (Å²) in [5, 5.41) is 27.6. The third kappa shape index (κ3) is 2.57. The highest BCUT2D eigenvalue weighted by Crippen LogP contribution is 2.24. The van der Waals surface area contributed by atoms with Crippen molar-refractivity contribution in [3.05, 3.63) is 29.3 Å². The minimum Gasteiger partial charge on any atom is -0.398 e. The van der Waals surface area contributed by atoms with Crippen LogP contribution in [0.3, 0.4) is 0 Å². The molecule has 0 fully saturated rings. The van der Waals surface area contributed by atoms with Gasteiger partial charge in [0.1, 0.15) is 12.2 Å². The molecule has 0 aromatic heterocycles. The number of nitrogen functional groups attached to an aromatic ring is 1. The Labute approximate surface area is 93.1 Å². The van der Waals surface area contributed by atoms with Gasteiger partial charge >= 0.3 is 0 Å². The molecule has 5 N–H and O–H groups in total. The molecule has 0 spiro atoms. The Hall–Kier alpha value is -1.43. The Bertz CT molecular complexity index is 392. The van der Waals surface area contributed by atoms with Gasteiger partial charge in [-0.2, -0.15) is 0 Å². The van der Waals surface area contributed by atoms with E-state index in [-0.39, 0.29) is 11.5 Å². The molecule has 88 valence electrons. The van der Waals surface area contributed by atoms with Crippen molar-refractivity contribution in [3.63, 3.8) is 0 Å². The monoisotopic (exact) mass is 225 g/mol. The molecule has 1 aromatic rings. The molecule has 0 saturated heterocycles. The Morgan fingerprint density at radius 1 is 1.44 bits per heavy atom. The fourth-order valence-electron chi connectivity index (χ4n) is 1.37. The zero-order valence-corrected chi connectivity index (χ0v) is 8.92. The van der Waals surface area contributed by atoms with Crippen LogP contribution in [0, 0.1) is 0 Å². The Morgan fingerprint density at radius 3 is 2.50 bits per heavy atom.